The number of nitrogens with one attached hydrogen (secondary N) is 1. The van der Waals surface area contributed by atoms with E-state index in [-0.39, 0.29) is 5.91 Å². The van der Waals surface area contributed by atoms with Crippen molar-refractivity contribution in [1.82, 2.24) is 9.38 Å². The Morgan fingerprint density at radius 1 is 1.15 bits per heavy atom. The van der Waals surface area contributed by atoms with Crippen LogP contribution < -0.4 is 5.32 Å². The number of anilines is 1. The highest BCUT2D eigenvalue weighted by atomic mass is 32.1. The molecule has 0 saturated heterocycles. The average Bonchev–Trinajstić information content (AvgIpc) is 3.20. The van der Waals surface area contributed by atoms with Crippen LogP contribution in [-0.4, -0.2) is 15.3 Å². The number of amides is 1. The molecule has 2 heterocycles. The maximum absolute atomic E-state index is 12.5. The molecule has 2 aromatic heterocycles. The lowest BCUT2D eigenvalue weighted by molar-refractivity contribution is -0.115. The lowest BCUT2D eigenvalue weighted by atomic mass is 10.1. The summed E-state index contributed by atoms with van der Waals surface area (Å²) < 4.78 is 2.01. The summed E-state index contributed by atoms with van der Waals surface area (Å²) in [6.07, 6.45) is 2.32. The van der Waals surface area contributed by atoms with Crippen LogP contribution in [0.4, 0.5) is 5.69 Å². The number of hydrogen-bond donors (Lipinski definition) is 1. The second-order valence-electron chi connectivity index (χ2n) is 6.42. The Balaban J connectivity index is 1.55. The zero-order chi connectivity index (χ0) is 18.1. The number of hydrogen-bond acceptors (Lipinski definition) is 3. The summed E-state index contributed by atoms with van der Waals surface area (Å²) in [7, 11) is 0. The van der Waals surface area contributed by atoms with Gasteiger partial charge in [0.1, 0.15) is 0 Å². The van der Waals surface area contributed by atoms with Gasteiger partial charge in [-0.15, -0.1) is 11.3 Å². The van der Waals surface area contributed by atoms with Gasteiger partial charge in [-0.05, 0) is 25.5 Å². The van der Waals surface area contributed by atoms with Gasteiger partial charge in [-0.1, -0.05) is 48.0 Å². The maximum atomic E-state index is 12.5. The number of aryl methyl sites for hydroxylation is 2. The Kier molecular flexibility index (Phi) is 4.31. The first-order chi connectivity index (χ1) is 12.6. The zero-order valence-electron chi connectivity index (χ0n) is 14.7. The number of carbonyl (C=O) groups excluding carboxylic acids is 1. The highest BCUT2D eigenvalue weighted by Gasteiger charge is 2.13. The first-order valence-corrected chi connectivity index (χ1v) is 9.36. The fraction of sp³-hybridized carbons (Fsp3) is 0.143. The molecule has 0 spiro atoms. The van der Waals surface area contributed by atoms with Crippen LogP contribution in [0.1, 0.15) is 16.8 Å². The molecule has 0 aliphatic rings. The van der Waals surface area contributed by atoms with Gasteiger partial charge in [0.25, 0.3) is 0 Å². The first kappa shape index (κ1) is 16.5. The van der Waals surface area contributed by atoms with E-state index in [0.29, 0.717) is 6.42 Å². The molecule has 0 bridgehead atoms. The minimum Gasteiger partial charge on any atom is -0.326 e. The molecule has 4 nitrogen and oxygen atoms in total. The third-order valence-electron chi connectivity index (χ3n) is 4.35. The van der Waals surface area contributed by atoms with Crippen molar-refractivity contribution in [2.75, 3.05) is 5.32 Å². The largest absolute Gasteiger partial charge is 0.326 e. The number of aromatic nitrogens is 2. The molecule has 0 atom stereocenters. The van der Waals surface area contributed by atoms with Crippen molar-refractivity contribution in [2.45, 2.75) is 20.3 Å². The molecule has 4 aromatic rings. The molecule has 4 rings (SSSR count). The van der Waals surface area contributed by atoms with Gasteiger partial charge in [-0.2, -0.15) is 0 Å². The van der Waals surface area contributed by atoms with Crippen molar-refractivity contribution in [2.24, 2.45) is 0 Å². The van der Waals surface area contributed by atoms with E-state index in [1.165, 1.54) is 5.56 Å². The molecule has 1 amide bonds. The Morgan fingerprint density at radius 3 is 2.73 bits per heavy atom. The van der Waals surface area contributed by atoms with Gasteiger partial charge in [-0.25, -0.2) is 4.98 Å². The van der Waals surface area contributed by atoms with Crippen molar-refractivity contribution < 1.29 is 4.79 Å². The summed E-state index contributed by atoms with van der Waals surface area (Å²) in [5.74, 6) is -0.0217. The fourth-order valence-electron chi connectivity index (χ4n) is 3.02. The molecule has 0 unspecified atom stereocenters. The van der Waals surface area contributed by atoms with Crippen LogP contribution in [0.25, 0.3) is 16.2 Å². The Labute approximate surface area is 156 Å². The molecular weight excluding hydrogens is 342 g/mol. The number of rotatable bonds is 4. The highest BCUT2D eigenvalue weighted by Crippen LogP contribution is 2.24. The molecule has 1 N–H and O–H groups in total. The molecule has 26 heavy (non-hydrogen) atoms. The van der Waals surface area contributed by atoms with Gasteiger partial charge < -0.3 is 5.32 Å². The summed E-state index contributed by atoms with van der Waals surface area (Å²) in [5.41, 5.74) is 6.07. The van der Waals surface area contributed by atoms with E-state index < -0.39 is 0 Å². The van der Waals surface area contributed by atoms with Crippen molar-refractivity contribution >= 4 is 27.9 Å². The van der Waals surface area contributed by atoms with Crippen LogP contribution in [0.15, 0.2) is 60.1 Å². The van der Waals surface area contributed by atoms with E-state index in [0.717, 1.165) is 33.2 Å². The lowest BCUT2D eigenvalue weighted by Crippen LogP contribution is -2.16. The number of nitrogens with zero attached hydrogens (tertiary/aromatic N) is 2. The third-order valence-corrected chi connectivity index (χ3v) is 5.24. The normalized spacial score (nSPS) is 11.0. The minimum atomic E-state index is -0.0217. The van der Waals surface area contributed by atoms with E-state index in [4.69, 9.17) is 0 Å². The number of benzene rings is 2. The Morgan fingerprint density at radius 2 is 1.96 bits per heavy atom. The topological polar surface area (TPSA) is 46.4 Å². The predicted octanol–water partition coefficient (Wildman–Crippen LogP) is 4.86. The van der Waals surface area contributed by atoms with Crippen molar-refractivity contribution in [3.05, 3.63) is 76.9 Å². The molecule has 130 valence electrons. The van der Waals surface area contributed by atoms with Crippen LogP contribution >= 0.6 is 11.3 Å². The van der Waals surface area contributed by atoms with Gasteiger partial charge >= 0.3 is 0 Å². The van der Waals surface area contributed by atoms with Crippen molar-refractivity contribution in [1.29, 1.82) is 0 Å². The van der Waals surface area contributed by atoms with Crippen LogP contribution in [-0.2, 0) is 11.2 Å². The van der Waals surface area contributed by atoms with E-state index >= 15 is 0 Å². The number of thiazole rings is 1. The first-order valence-electron chi connectivity index (χ1n) is 8.48. The molecule has 0 aliphatic carbocycles. The van der Waals surface area contributed by atoms with E-state index in [1.54, 1.807) is 11.3 Å². The quantitative estimate of drug-likeness (QED) is 0.564. The second-order valence-corrected chi connectivity index (χ2v) is 7.25. The van der Waals surface area contributed by atoms with Crippen LogP contribution in [0.3, 0.4) is 0 Å². The number of carbonyl (C=O) groups is 1. The zero-order valence-corrected chi connectivity index (χ0v) is 15.5. The Bertz CT molecular complexity index is 1080. The summed E-state index contributed by atoms with van der Waals surface area (Å²) in [6, 6.07) is 16.1. The molecule has 0 aliphatic heterocycles. The smallest absolute Gasteiger partial charge is 0.230 e. The predicted molar refractivity (Wildman–Crippen MR) is 107 cm³/mol. The van der Waals surface area contributed by atoms with E-state index in [9.17, 15) is 4.79 Å². The van der Waals surface area contributed by atoms with Gasteiger partial charge in [-0.3, -0.25) is 9.20 Å². The highest BCUT2D eigenvalue weighted by molar-refractivity contribution is 7.15. The van der Waals surface area contributed by atoms with Crippen molar-refractivity contribution in [3.8, 4) is 11.3 Å². The summed E-state index contributed by atoms with van der Waals surface area (Å²) in [5, 5.41) is 5.01. The summed E-state index contributed by atoms with van der Waals surface area (Å²) >= 11 is 1.55. The van der Waals surface area contributed by atoms with Crippen LogP contribution in [0.2, 0.25) is 0 Å². The SMILES string of the molecule is Cc1ccc(NC(=O)Cc2csc3nc(-c4ccccc4)cn23)c(C)c1. The number of fused-ring (bicyclic) bond motifs is 1. The lowest BCUT2D eigenvalue weighted by Gasteiger charge is -2.09. The van der Waals surface area contributed by atoms with Gasteiger partial charge in [0.05, 0.1) is 12.1 Å². The van der Waals surface area contributed by atoms with E-state index in [1.807, 2.05) is 72.3 Å². The molecule has 2 aromatic carbocycles. The maximum Gasteiger partial charge on any atom is 0.230 e. The molecule has 5 heteroatoms. The third kappa shape index (κ3) is 3.26. The van der Waals surface area contributed by atoms with Crippen LogP contribution in [0.5, 0.6) is 0 Å². The standard InChI is InChI=1S/C21H19N3OS/c1-14-8-9-18(15(2)10-14)22-20(25)11-17-13-26-21-23-19(12-24(17)21)16-6-4-3-5-7-16/h3-10,12-13H,11H2,1-2H3,(H,22,25). The van der Waals surface area contributed by atoms with Gasteiger partial charge in [0.15, 0.2) is 4.96 Å². The fourth-order valence-corrected chi connectivity index (χ4v) is 3.89. The van der Waals surface area contributed by atoms with Gasteiger partial charge in [0, 0.05) is 28.5 Å². The van der Waals surface area contributed by atoms with Crippen molar-refractivity contribution in [3.63, 3.8) is 0 Å². The average molecular weight is 361 g/mol. The molecular formula is C21H19N3OS. The summed E-state index contributed by atoms with van der Waals surface area (Å²) in [4.78, 5) is 18.1. The van der Waals surface area contributed by atoms with Gasteiger partial charge in [0.2, 0.25) is 5.91 Å². The van der Waals surface area contributed by atoms with E-state index in [2.05, 4.69) is 16.4 Å². The monoisotopic (exact) mass is 361 g/mol. The Hall–Kier alpha value is -2.92. The second kappa shape index (κ2) is 6.77. The summed E-state index contributed by atoms with van der Waals surface area (Å²) in [6.45, 7) is 4.05. The molecule has 0 radical (unpaired) electrons. The molecule has 0 saturated carbocycles. The number of imidazole rings is 1. The molecule has 0 fully saturated rings. The van der Waals surface area contributed by atoms with Crippen LogP contribution in [0, 0.1) is 13.8 Å². The minimum absolute atomic E-state index is 0.0217.